The number of aryl methyl sites for hydroxylation is 1. The maximum Gasteiger partial charge on any atom is 0.274 e. The van der Waals surface area contributed by atoms with E-state index in [0.29, 0.717) is 30.7 Å². The number of carbonyl (C=O) groups is 1. The van der Waals surface area contributed by atoms with E-state index in [4.69, 9.17) is 19.9 Å². The molecule has 1 aromatic heterocycles. The number of carbonyl (C=O) groups excluding carboxylic acids is 1. The highest BCUT2D eigenvalue weighted by molar-refractivity contribution is 6.88. The minimum absolute atomic E-state index is 0.212. The molecule has 0 radical (unpaired) electrons. The van der Waals surface area contributed by atoms with Gasteiger partial charge in [0, 0.05) is 19.5 Å². The zero-order valence-corrected chi connectivity index (χ0v) is 23.4. The number of ether oxygens (including phenoxy) is 3. The summed E-state index contributed by atoms with van der Waals surface area (Å²) in [5.74, 6) is 2.10. The first-order chi connectivity index (χ1) is 17.6. The van der Waals surface area contributed by atoms with Crippen LogP contribution in [0.4, 0.5) is 11.6 Å². The van der Waals surface area contributed by atoms with Gasteiger partial charge in [0.15, 0.2) is 11.6 Å². The Morgan fingerprint density at radius 1 is 1.19 bits per heavy atom. The van der Waals surface area contributed by atoms with Crippen molar-refractivity contribution in [3.8, 4) is 17.5 Å². The third-order valence-electron chi connectivity index (χ3n) is 6.59. The molecule has 1 unspecified atom stereocenters. The van der Waals surface area contributed by atoms with Crippen molar-refractivity contribution in [1.82, 2.24) is 9.97 Å². The van der Waals surface area contributed by atoms with E-state index < -0.39 is 14.0 Å². The first kappa shape index (κ1) is 26.6. The third-order valence-corrected chi connectivity index (χ3v) is 8.63. The second kappa shape index (κ2) is 10.9. The van der Waals surface area contributed by atoms with Crippen LogP contribution in [0.2, 0.25) is 19.6 Å². The van der Waals surface area contributed by atoms with Gasteiger partial charge < -0.3 is 30.2 Å². The highest BCUT2D eigenvalue weighted by Gasteiger charge is 2.28. The molecule has 1 aromatic carbocycles. The van der Waals surface area contributed by atoms with Crippen molar-refractivity contribution >= 4 is 36.7 Å². The van der Waals surface area contributed by atoms with Gasteiger partial charge in [0.2, 0.25) is 17.7 Å². The van der Waals surface area contributed by atoms with Crippen LogP contribution in [0.25, 0.3) is 0 Å². The summed E-state index contributed by atoms with van der Waals surface area (Å²) >= 11 is 0. The molecule has 0 spiro atoms. The van der Waals surface area contributed by atoms with Crippen LogP contribution >= 0.6 is 0 Å². The molecule has 4 rings (SSSR count). The fraction of sp³-hybridized carbons (Fsp3) is 0.462. The topological polar surface area (TPSA) is 124 Å². The summed E-state index contributed by atoms with van der Waals surface area (Å²) in [7, 11) is 1.48. The van der Waals surface area contributed by atoms with E-state index in [1.807, 2.05) is 11.8 Å². The monoisotopic (exact) mass is 524 g/mol. The summed E-state index contributed by atoms with van der Waals surface area (Å²) in [5, 5.41) is 4.11. The van der Waals surface area contributed by atoms with Gasteiger partial charge >= 0.3 is 0 Å². The number of rotatable bonds is 8. The molecule has 10 nitrogen and oxygen atoms in total. The van der Waals surface area contributed by atoms with Crippen LogP contribution in [-0.2, 0) is 4.79 Å². The lowest BCUT2D eigenvalue weighted by molar-refractivity contribution is -0.112. The Bertz CT molecular complexity index is 1220. The van der Waals surface area contributed by atoms with Crippen LogP contribution < -0.4 is 35.3 Å². The summed E-state index contributed by atoms with van der Waals surface area (Å²) in [5.41, 5.74) is 7.33. The Kier molecular flexibility index (Phi) is 7.84. The molecule has 1 amide bonds. The minimum atomic E-state index is -1.50. The first-order valence-corrected chi connectivity index (χ1v) is 16.0. The van der Waals surface area contributed by atoms with Crippen LogP contribution in [0, 0.1) is 12.8 Å². The average molecular weight is 525 g/mol. The number of nitrogens with two attached hydrogens (primary N) is 1. The molecule has 1 fully saturated rings. The minimum Gasteiger partial charge on any atom is -0.479 e. The molecule has 37 heavy (non-hydrogen) atoms. The van der Waals surface area contributed by atoms with Crippen molar-refractivity contribution < 1.29 is 19.0 Å². The summed E-state index contributed by atoms with van der Waals surface area (Å²) in [6.07, 6.45) is 3.12. The summed E-state index contributed by atoms with van der Waals surface area (Å²) in [4.78, 5) is 28.6. The lowest BCUT2D eigenvalue weighted by Crippen LogP contribution is -2.37. The number of anilines is 2. The molecule has 198 valence electrons. The predicted octanol–water partition coefficient (Wildman–Crippen LogP) is 2.84. The predicted molar refractivity (Wildman–Crippen MR) is 148 cm³/mol. The van der Waals surface area contributed by atoms with Gasteiger partial charge in [-0.2, -0.15) is 9.97 Å². The molecule has 0 bridgehead atoms. The smallest absolute Gasteiger partial charge is 0.274 e. The van der Waals surface area contributed by atoms with Crippen molar-refractivity contribution in [3.05, 3.63) is 35.5 Å². The van der Waals surface area contributed by atoms with Gasteiger partial charge in [0.25, 0.3) is 5.91 Å². The molecular formula is C26H36N6O4Si. The van der Waals surface area contributed by atoms with Gasteiger partial charge in [0.1, 0.15) is 11.4 Å². The number of aliphatic imine (C=N–C) groups is 1. The van der Waals surface area contributed by atoms with Crippen molar-refractivity contribution in [2.45, 2.75) is 39.4 Å². The maximum atomic E-state index is 13.1. The molecule has 1 saturated heterocycles. The Balaban J connectivity index is 1.50. The normalized spacial score (nSPS) is 17.4. The molecule has 0 saturated carbocycles. The molecule has 2 aromatic rings. The SMILES string of the molecule is COc1nc(N2CCC(CN)C2)nc(OC)c1NC(=O)C1=CCC(Oc2cc([Si](C)(C)C)ccc2C)=N1. The van der Waals surface area contributed by atoms with Crippen LogP contribution in [0.15, 0.2) is 35.0 Å². The van der Waals surface area contributed by atoms with Crippen LogP contribution in [0.5, 0.6) is 17.5 Å². The summed E-state index contributed by atoms with van der Waals surface area (Å²) in [6, 6.07) is 6.32. The van der Waals surface area contributed by atoms with Crippen molar-refractivity contribution in [1.29, 1.82) is 0 Å². The number of nitrogens with one attached hydrogen (secondary N) is 1. The molecule has 11 heteroatoms. The van der Waals surface area contributed by atoms with Crippen LogP contribution in [0.1, 0.15) is 18.4 Å². The number of amides is 1. The van der Waals surface area contributed by atoms with Crippen LogP contribution in [-0.4, -0.2) is 63.7 Å². The van der Waals surface area contributed by atoms with Gasteiger partial charge in [-0.1, -0.05) is 37.0 Å². The summed E-state index contributed by atoms with van der Waals surface area (Å²) < 4.78 is 17.1. The number of nitrogens with zero attached hydrogens (tertiary/aromatic N) is 4. The van der Waals surface area contributed by atoms with E-state index in [1.165, 1.54) is 19.4 Å². The zero-order chi connectivity index (χ0) is 26.7. The second-order valence-corrected chi connectivity index (χ2v) is 15.4. The standard InChI is InChI=1S/C26H36N6O4Si/c1-16-7-8-18(37(4,5)6)13-20(16)36-21-10-9-19(28-21)23(33)29-22-24(34-2)30-26(31-25(22)35-3)32-12-11-17(14-27)15-32/h7-9,13,17H,10-12,14-15,27H2,1-6H3,(H,29,33). The zero-order valence-electron chi connectivity index (χ0n) is 22.4. The molecule has 3 heterocycles. The fourth-order valence-corrected chi connectivity index (χ4v) is 5.41. The highest BCUT2D eigenvalue weighted by Crippen LogP contribution is 2.35. The fourth-order valence-electron chi connectivity index (χ4n) is 4.26. The molecule has 2 aliphatic heterocycles. The van der Waals surface area contributed by atoms with Crippen molar-refractivity contribution in [2.24, 2.45) is 16.6 Å². The molecule has 0 aliphatic carbocycles. The van der Waals surface area contributed by atoms with Gasteiger partial charge in [-0.3, -0.25) is 4.79 Å². The second-order valence-electron chi connectivity index (χ2n) is 10.3. The first-order valence-electron chi connectivity index (χ1n) is 12.5. The lowest BCUT2D eigenvalue weighted by atomic mass is 10.1. The number of benzene rings is 1. The number of hydrogen-bond donors (Lipinski definition) is 2. The van der Waals surface area contributed by atoms with E-state index in [-0.39, 0.29) is 23.1 Å². The average Bonchev–Trinajstić information content (AvgIpc) is 3.54. The van der Waals surface area contributed by atoms with Gasteiger partial charge in [-0.25, -0.2) is 4.99 Å². The van der Waals surface area contributed by atoms with Crippen molar-refractivity contribution in [2.75, 3.05) is 44.1 Å². The number of methoxy groups -OCH3 is 2. The Hall–Kier alpha value is -3.44. The molecular weight excluding hydrogens is 488 g/mol. The maximum absolute atomic E-state index is 13.1. The largest absolute Gasteiger partial charge is 0.479 e. The van der Waals surface area contributed by atoms with E-state index >= 15 is 0 Å². The number of hydrogen-bond acceptors (Lipinski definition) is 9. The molecule has 3 N–H and O–H groups in total. The van der Waals surface area contributed by atoms with Crippen molar-refractivity contribution in [3.63, 3.8) is 0 Å². The number of aromatic nitrogens is 2. The van der Waals surface area contributed by atoms with Gasteiger partial charge in [-0.05, 0) is 43.5 Å². The third kappa shape index (κ3) is 5.94. The van der Waals surface area contributed by atoms with Gasteiger partial charge in [0.05, 0.1) is 22.3 Å². The summed E-state index contributed by atoms with van der Waals surface area (Å²) in [6.45, 7) is 11.0. The quantitative estimate of drug-likeness (QED) is 0.505. The highest BCUT2D eigenvalue weighted by atomic mass is 28.3. The van der Waals surface area contributed by atoms with Gasteiger partial charge in [-0.15, -0.1) is 0 Å². The Labute approximate surface area is 218 Å². The van der Waals surface area contributed by atoms with E-state index in [2.05, 4.69) is 58.1 Å². The van der Waals surface area contributed by atoms with E-state index in [0.717, 1.165) is 30.8 Å². The molecule has 2 aliphatic rings. The molecule has 1 atom stereocenters. The Morgan fingerprint density at radius 3 is 2.49 bits per heavy atom. The van der Waals surface area contributed by atoms with E-state index in [1.54, 1.807) is 6.08 Å². The van der Waals surface area contributed by atoms with Crippen LogP contribution in [0.3, 0.4) is 0 Å². The Morgan fingerprint density at radius 2 is 1.89 bits per heavy atom. The lowest BCUT2D eigenvalue weighted by Gasteiger charge is -2.19. The van der Waals surface area contributed by atoms with E-state index in [9.17, 15) is 4.79 Å².